The predicted octanol–water partition coefficient (Wildman–Crippen LogP) is 3.56. The van der Waals surface area contributed by atoms with Gasteiger partial charge in [-0.25, -0.2) is 0 Å². The minimum absolute atomic E-state index is 0.160. The third-order valence-corrected chi connectivity index (χ3v) is 4.78. The zero-order valence-electron chi connectivity index (χ0n) is 15.4. The number of hydrogen-bond donors (Lipinski definition) is 1. The van der Waals surface area contributed by atoms with Crippen molar-refractivity contribution in [3.63, 3.8) is 0 Å². The average molecular weight is 373 g/mol. The van der Waals surface area contributed by atoms with Gasteiger partial charge in [-0.1, -0.05) is 30.3 Å². The van der Waals surface area contributed by atoms with Crippen LogP contribution in [0.25, 0.3) is 10.9 Å². The Morgan fingerprint density at radius 1 is 1.00 bits per heavy atom. The summed E-state index contributed by atoms with van der Waals surface area (Å²) in [6.07, 6.45) is 0.613. The van der Waals surface area contributed by atoms with Crippen LogP contribution in [0.3, 0.4) is 0 Å². The fourth-order valence-corrected chi connectivity index (χ4v) is 3.46. The van der Waals surface area contributed by atoms with Gasteiger partial charge in [0.2, 0.25) is 5.91 Å². The Balaban J connectivity index is 1.39. The number of imide groups is 1. The fourth-order valence-electron chi connectivity index (χ4n) is 3.46. The highest BCUT2D eigenvalue weighted by molar-refractivity contribution is 6.21. The van der Waals surface area contributed by atoms with E-state index >= 15 is 0 Å². The lowest BCUT2D eigenvalue weighted by Gasteiger charge is -2.14. The molecule has 140 valence electrons. The van der Waals surface area contributed by atoms with E-state index < -0.39 is 0 Å². The number of carbonyl (C=O) groups is 3. The quantitative estimate of drug-likeness (QED) is 0.694. The Hall–Kier alpha value is -3.54. The zero-order chi connectivity index (χ0) is 19.7. The van der Waals surface area contributed by atoms with Crippen molar-refractivity contribution in [3.05, 3.63) is 71.4 Å². The van der Waals surface area contributed by atoms with Gasteiger partial charge in [0.05, 0.1) is 22.3 Å². The first-order chi connectivity index (χ1) is 13.5. The number of aryl methyl sites for hydroxylation is 1. The second-order valence-corrected chi connectivity index (χ2v) is 6.79. The second-order valence-electron chi connectivity index (χ2n) is 6.79. The molecule has 6 nitrogen and oxygen atoms in total. The molecule has 1 N–H and O–H groups in total. The van der Waals surface area contributed by atoms with E-state index in [-0.39, 0.29) is 30.7 Å². The molecule has 2 heterocycles. The Morgan fingerprint density at radius 2 is 1.64 bits per heavy atom. The van der Waals surface area contributed by atoms with Crippen LogP contribution in [0.15, 0.2) is 54.6 Å². The molecule has 3 aromatic rings. The van der Waals surface area contributed by atoms with Crippen molar-refractivity contribution in [1.29, 1.82) is 0 Å². The van der Waals surface area contributed by atoms with E-state index in [1.54, 1.807) is 24.3 Å². The Morgan fingerprint density at radius 3 is 2.36 bits per heavy atom. The van der Waals surface area contributed by atoms with Gasteiger partial charge in [0.25, 0.3) is 11.8 Å². The van der Waals surface area contributed by atoms with E-state index in [0.717, 1.165) is 16.6 Å². The van der Waals surface area contributed by atoms with Gasteiger partial charge in [0.15, 0.2) is 0 Å². The number of fused-ring (bicyclic) bond motifs is 2. The van der Waals surface area contributed by atoms with Gasteiger partial charge in [0.1, 0.15) is 0 Å². The average Bonchev–Trinajstić information content (AvgIpc) is 2.93. The first-order valence-corrected chi connectivity index (χ1v) is 9.16. The first-order valence-electron chi connectivity index (χ1n) is 9.16. The van der Waals surface area contributed by atoms with Crippen LogP contribution >= 0.6 is 0 Å². The lowest BCUT2D eigenvalue weighted by molar-refractivity contribution is -0.116. The highest BCUT2D eigenvalue weighted by atomic mass is 16.2. The van der Waals surface area contributed by atoms with Gasteiger partial charge in [-0.3, -0.25) is 24.3 Å². The second kappa shape index (κ2) is 7.23. The van der Waals surface area contributed by atoms with Crippen molar-refractivity contribution in [2.45, 2.75) is 19.8 Å². The third kappa shape index (κ3) is 3.24. The molecule has 0 atom stereocenters. The van der Waals surface area contributed by atoms with Crippen LogP contribution in [0.2, 0.25) is 0 Å². The summed E-state index contributed by atoms with van der Waals surface area (Å²) >= 11 is 0. The standard InChI is InChI=1S/C22H19N3O3/c1-14-13-19(17-9-4-5-10-18(17)23-14)24-20(26)11-6-12-25-21(27)15-7-2-3-8-16(15)22(25)28/h2-5,7-10,13H,6,11-12H2,1H3,(H,23,24,26). The van der Waals surface area contributed by atoms with Crippen LogP contribution in [0.4, 0.5) is 5.69 Å². The summed E-state index contributed by atoms with van der Waals surface area (Å²) in [5.41, 5.74) is 3.21. The molecule has 0 bridgehead atoms. The molecule has 0 fully saturated rings. The topological polar surface area (TPSA) is 79.4 Å². The van der Waals surface area contributed by atoms with Crippen molar-refractivity contribution in [2.24, 2.45) is 0 Å². The van der Waals surface area contributed by atoms with Gasteiger partial charge in [-0.2, -0.15) is 0 Å². The highest BCUT2D eigenvalue weighted by Gasteiger charge is 2.34. The maximum Gasteiger partial charge on any atom is 0.261 e. The van der Waals surface area contributed by atoms with Gasteiger partial charge in [0, 0.05) is 24.0 Å². The molecule has 2 aromatic carbocycles. The number of hydrogen-bond acceptors (Lipinski definition) is 4. The minimum Gasteiger partial charge on any atom is -0.325 e. The highest BCUT2D eigenvalue weighted by Crippen LogP contribution is 2.24. The maximum atomic E-state index is 12.4. The Labute approximate surface area is 162 Å². The van der Waals surface area contributed by atoms with E-state index in [9.17, 15) is 14.4 Å². The van der Waals surface area contributed by atoms with Crippen molar-refractivity contribution in [1.82, 2.24) is 9.88 Å². The number of rotatable bonds is 5. The maximum absolute atomic E-state index is 12.4. The number of pyridine rings is 1. The summed E-state index contributed by atoms with van der Waals surface area (Å²) in [7, 11) is 0. The summed E-state index contributed by atoms with van der Waals surface area (Å²) in [6, 6.07) is 16.2. The normalized spacial score (nSPS) is 13.1. The summed E-state index contributed by atoms with van der Waals surface area (Å²) in [4.78, 5) is 42.8. The lowest BCUT2D eigenvalue weighted by Crippen LogP contribution is -2.31. The van der Waals surface area contributed by atoms with E-state index in [2.05, 4.69) is 10.3 Å². The van der Waals surface area contributed by atoms with Gasteiger partial charge in [-0.05, 0) is 37.6 Å². The number of carbonyl (C=O) groups excluding carboxylic acids is 3. The molecular weight excluding hydrogens is 354 g/mol. The monoisotopic (exact) mass is 373 g/mol. The van der Waals surface area contributed by atoms with Crippen molar-refractivity contribution < 1.29 is 14.4 Å². The number of amides is 3. The molecule has 0 saturated carbocycles. The van der Waals surface area contributed by atoms with Crippen LogP contribution in [0, 0.1) is 6.92 Å². The van der Waals surface area contributed by atoms with Crippen molar-refractivity contribution in [2.75, 3.05) is 11.9 Å². The SMILES string of the molecule is Cc1cc(NC(=O)CCCN2C(=O)c3ccccc3C2=O)c2ccccc2n1. The molecule has 3 amide bonds. The number of benzene rings is 2. The van der Waals surface area contributed by atoms with Crippen LogP contribution in [-0.4, -0.2) is 34.2 Å². The lowest BCUT2D eigenvalue weighted by atomic mass is 10.1. The summed E-state index contributed by atoms with van der Waals surface area (Å²) < 4.78 is 0. The molecule has 0 unspecified atom stereocenters. The molecule has 28 heavy (non-hydrogen) atoms. The number of anilines is 1. The molecule has 0 aliphatic carbocycles. The zero-order valence-corrected chi connectivity index (χ0v) is 15.4. The summed E-state index contributed by atoms with van der Waals surface area (Å²) in [6.45, 7) is 2.10. The number of nitrogens with one attached hydrogen (secondary N) is 1. The van der Waals surface area contributed by atoms with E-state index in [1.807, 2.05) is 37.3 Å². The molecule has 1 aromatic heterocycles. The van der Waals surface area contributed by atoms with Crippen LogP contribution in [-0.2, 0) is 4.79 Å². The summed E-state index contributed by atoms with van der Waals surface area (Å²) in [5, 5.41) is 3.80. The van der Waals surface area contributed by atoms with Gasteiger partial charge < -0.3 is 5.32 Å². The minimum atomic E-state index is -0.295. The predicted molar refractivity (Wildman–Crippen MR) is 106 cm³/mol. The van der Waals surface area contributed by atoms with Crippen molar-refractivity contribution in [3.8, 4) is 0 Å². The molecule has 0 saturated heterocycles. The Kier molecular flexibility index (Phi) is 4.61. The molecule has 0 spiro atoms. The van der Waals surface area contributed by atoms with Crippen LogP contribution in [0.1, 0.15) is 39.3 Å². The van der Waals surface area contributed by atoms with Gasteiger partial charge in [-0.15, -0.1) is 0 Å². The smallest absolute Gasteiger partial charge is 0.261 e. The molecule has 0 radical (unpaired) electrons. The van der Waals surface area contributed by atoms with Crippen LogP contribution < -0.4 is 5.32 Å². The van der Waals surface area contributed by atoms with Crippen LogP contribution in [0.5, 0.6) is 0 Å². The molecule has 6 heteroatoms. The summed E-state index contributed by atoms with van der Waals surface area (Å²) in [5.74, 6) is -0.749. The molecule has 4 rings (SSSR count). The van der Waals surface area contributed by atoms with E-state index in [0.29, 0.717) is 23.2 Å². The molecule has 1 aliphatic heterocycles. The fraction of sp³-hybridized carbons (Fsp3) is 0.182. The first kappa shape index (κ1) is 17.9. The molecule has 1 aliphatic rings. The number of nitrogens with zero attached hydrogens (tertiary/aromatic N) is 2. The Bertz CT molecular complexity index is 1070. The van der Waals surface area contributed by atoms with Gasteiger partial charge >= 0.3 is 0 Å². The molecular formula is C22H19N3O3. The van der Waals surface area contributed by atoms with E-state index in [1.165, 1.54) is 4.90 Å². The largest absolute Gasteiger partial charge is 0.325 e. The van der Waals surface area contributed by atoms with E-state index in [4.69, 9.17) is 0 Å². The third-order valence-electron chi connectivity index (χ3n) is 4.78. The number of aromatic nitrogens is 1. The number of para-hydroxylation sites is 1. The van der Waals surface area contributed by atoms with Crippen molar-refractivity contribution >= 4 is 34.3 Å².